The minimum Gasteiger partial charge on any atom is -0.478 e. The van der Waals surface area contributed by atoms with Gasteiger partial charge in [0.1, 0.15) is 17.6 Å². The summed E-state index contributed by atoms with van der Waals surface area (Å²) in [5, 5.41) is 9.56. The van der Waals surface area contributed by atoms with Crippen LogP contribution in [0.1, 0.15) is 10.4 Å². The first-order chi connectivity index (χ1) is 7.66. The molecular weight excluding hydrogens is 252 g/mol. The highest BCUT2D eigenvalue weighted by Crippen LogP contribution is 2.28. The third-order valence-electron chi connectivity index (χ3n) is 1.71. The molecule has 0 saturated carbocycles. The lowest BCUT2D eigenvalue weighted by Gasteiger charge is -2.05. The summed E-state index contributed by atoms with van der Waals surface area (Å²) in [5.74, 6) is -0.921. The van der Waals surface area contributed by atoms with E-state index in [9.17, 15) is 4.79 Å². The van der Waals surface area contributed by atoms with Crippen molar-refractivity contribution in [2.24, 2.45) is 0 Å². The number of carboxylic acid groups (broad SMARTS) is 1. The lowest BCUT2D eigenvalue weighted by Crippen LogP contribution is -1.99. The first kappa shape index (κ1) is 10.8. The Balaban J connectivity index is 2.36. The minimum atomic E-state index is -1.11. The summed E-state index contributed by atoms with van der Waals surface area (Å²) in [5.41, 5.74) is -0.0114. The molecule has 0 amide bonds. The van der Waals surface area contributed by atoms with E-state index < -0.39 is 5.97 Å². The van der Waals surface area contributed by atoms with E-state index in [1.54, 1.807) is 6.07 Å². The molecule has 0 fully saturated rings. The second-order valence-corrected chi connectivity index (χ2v) is 3.93. The van der Waals surface area contributed by atoms with E-state index in [1.165, 1.54) is 18.5 Å². The van der Waals surface area contributed by atoms with Crippen LogP contribution in [-0.2, 0) is 0 Å². The number of hydrogen-bond acceptors (Lipinski definition) is 5. The van der Waals surface area contributed by atoms with Crippen LogP contribution < -0.4 is 4.74 Å². The summed E-state index contributed by atoms with van der Waals surface area (Å²) < 4.78 is 9.01. The molecule has 0 unspecified atom stereocenters. The quantitative estimate of drug-likeness (QED) is 0.914. The highest BCUT2D eigenvalue weighted by molar-refractivity contribution is 7.07. The van der Waals surface area contributed by atoms with E-state index in [0.29, 0.717) is 5.02 Å². The van der Waals surface area contributed by atoms with Gasteiger partial charge in [-0.2, -0.15) is 9.36 Å². The van der Waals surface area contributed by atoms with Crippen molar-refractivity contribution >= 4 is 29.1 Å². The fourth-order valence-corrected chi connectivity index (χ4v) is 1.64. The van der Waals surface area contributed by atoms with Crippen LogP contribution in [0, 0.1) is 0 Å². The van der Waals surface area contributed by atoms with Crippen molar-refractivity contribution in [2.75, 3.05) is 0 Å². The number of ether oxygens (including phenoxy) is 1. The van der Waals surface area contributed by atoms with Crippen LogP contribution >= 0.6 is 23.1 Å². The number of hydrogen-bond donors (Lipinski definition) is 1. The molecule has 0 saturated heterocycles. The first-order valence-electron chi connectivity index (χ1n) is 4.14. The molecule has 0 atom stereocenters. The number of aromatic carboxylic acids is 1. The molecule has 0 aliphatic rings. The number of rotatable bonds is 3. The van der Waals surface area contributed by atoms with Gasteiger partial charge in [0.15, 0.2) is 0 Å². The third-order valence-corrected chi connectivity index (χ3v) is 2.49. The largest absolute Gasteiger partial charge is 0.478 e. The van der Waals surface area contributed by atoms with E-state index in [1.807, 2.05) is 0 Å². The third kappa shape index (κ3) is 2.29. The molecule has 0 aliphatic carbocycles. The maximum Gasteiger partial charge on any atom is 0.339 e. The second-order valence-electron chi connectivity index (χ2n) is 2.75. The molecule has 2 aromatic rings. The zero-order valence-electron chi connectivity index (χ0n) is 7.75. The van der Waals surface area contributed by atoms with Crippen LogP contribution in [0.25, 0.3) is 0 Å². The highest BCUT2D eigenvalue weighted by Gasteiger charge is 2.13. The maximum absolute atomic E-state index is 10.9. The van der Waals surface area contributed by atoms with E-state index in [0.717, 1.165) is 11.5 Å². The van der Waals surface area contributed by atoms with Gasteiger partial charge in [-0.25, -0.2) is 4.79 Å². The molecule has 0 spiro atoms. The van der Waals surface area contributed by atoms with Crippen molar-refractivity contribution in [3.05, 3.63) is 35.1 Å². The van der Waals surface area contributed by atoms with Gasteiger partial charge in [0.2, 0.25) is 0 Å². The van der Waals surface area contributed by atoms with Gasteiger partial charge in [-0.1, -0.05) is 11.6 Å². The predicted octanol–water partition coefficient (Wildman–Crippen LogP) is 2.68. The van der Waals surface area contributed by atoms with Gasteiger partial charge in [0.05, 0.1) is 0 Å². The first-order valence-corrected chi connectivity index (χ1v) is 5.29. The normalized spacial score (nSPS) is 10.1. The standard InChI is InChI=1S/C9H5ClN2O3S/c10-5-1-2-7(6(3-5)8(13)14)15-9-11-4-12-16-9/h1-4H,(H,13,14). The molecule has 0 bridgehead atoms. The van der Waals surface area contributed by atoms with Crippen molar-refractivity contribution in [1.82, 2.24) is 9.36 Å². The molecular formula is C9H5ClN2O3S. The lowest BCUT2D eigenvalue weighted by atomic mass is 10.2. The molecule has 16 heavy (non-hydrogen) atoms. The lowest BCUT2D eigenvalue weighted by molar-refractivity contribution is 0.0694. The number of nitrogens with zero attached hydrogens (tertiary/aromatic N) is 2. The Labute approximate surface area is 99.4 Å². The molecule has 5 nitrogen and oxygen atoms in total. The van der Waals surface area contributed by atoms with Gasteiger partial charge in [0.25, 0.3) is 5.19 Å². The minimum absolute atomic E-state index is 0.0114. The van der Waals surface area contributed by atoms with Crippen molar-refractivity contribution < 1.29 is 14.6 Å². The summed E-state index contributed by atoms with van der Waals surface area (Å²) in [6.07, 6.45) is 1.33. The van der Waals surface area contributed by atoms with E-state index in [4.69, 9.17) is 21.4 Å². The zero-order chi connectivity index (χ0) is 11.5. The summed E-state index contributed by atoms with van der Waals surface area (Å²) in [4.78, 5) is 14.7. The Hall–Kier alpha value is -1.66. The van der Waals surface area contributed by atoms with Crippen molar-refractivity contribution in [3.8, 4) is 10.9 Å². The van der Waals surface area contributed by atoms with Crippen molar-refractivity contribution in [2.45, 2.75) is 0 Å². The Kier molecular flexibility index (Phi) is 3.02. The number of carboxylic acids is 1. The Morgan fingerprint density at radius 2 is 2.31 bits per heavy atom. The fourth-order valence-electron chi connectivity index (χ4n) is 1.06. The molecule has 1 aromatic heterocycles. The second kappa shape index (κ2) is 4.46. The van der Waals surface area contributed by atoms with Gasteiger partial charge in [0, 0.05) is 16.6 Å². The molecule has 0 radical (unpaired) electrons. The molecule has 2 rings (SSSR count). The predicted molar refractivity (Wildman–Crippen MR) is 58.4 cm³/mol. The van der Waals surface area contributed by atoms with Crippen LogP contribution in [0.4, 0.5) is 0 Å². The molecule has 0 aliphatic heterocycles. The van der Waals surface area contributed by atoms with Gasteiger partial charge in [-0.05, 0) is 18.2 Å². The van der Waals surface area contributed by atoms with Gasteiger partial charge in [-0.15, -0.1) is 0 Å². The smallest absolute Gasteiger partial charge is 0.339 e. The Morgan fingerprint density at radius 1 is 1.50 bits per heavy atom. The fraction of sp³-hybridized carbons (Fsp3) is 0. The Morgan fingerprint density at radius 3 is 2.94 bits per heavy atom. The number of benzene rings is 1. The summed E-state index contributed by atoms with van der Waals surface area (Å²) >= 11 is 6.73. The average molecular weight is 257 g/mol. The van der Waals surface area contributed by atoms with Crippen molar-refractivity contribution in [1.29, 1.82) is 0 Å². The molecule has 1 aromatic carbocycles. The Bertz CT molecular complexity index is 515. The summed E-state index contributed by atoms with van der Waals surface area (Å²) in [6, 6.07) is 4.35. The molecule has 1 heterocycles. The van der Waals surface area contributed by atoms with E-state index in [2.05, 4.69) is 9.36 Å². The highest BCUT2D eigenvalue weighted by atomic mass is 35.5. The van der Waals surface area contributed by atoms with Gasteiger partial charge < -0.3 is 9.84 Å². The monoisotopic (exact) mass is 256 g/mol. The number of carbonyl (C=O) groups is 1. The SMILES string of the molecule is O=C(O)c1cc(Cl)ccc1Oc1ncns1. The molecule has 1 N–H and O–H groups in total. The topological polar surface area (TPSA) is 72.3 Å². The van der Waals surface area contributed by atoms with Crippen LogP contribution in [0.2, 0.25) is 5.02 Å². The number of aromatic nitrogens is 2. The van der Waals surface area contributed by atoms with Crippen LogP contribution in [-0.4, -0.2) is 20.4 Å². The van der Waals surface area contributed by atoms with E-state index >= 15 is 0 Å². The van der Waals surface area contributed by atoms with Gasteiger partial charge in [-0.3, -0.25) is 0 Å². The molecule has 82 valence electrons. The zero-order valence-corrected chi connectivity index (χ0v) is 9.33. The number of halogens is 1. The summed E-state index contributed by atoms with van der Waals surface area (Å²) in [6.45, 7) is 0. The molecule has 7 heteroatoms. The maximum atomic E-state index is 10.9. The average Bonchev–Trinajstić information content (AvgIpc) is 2.73. The van der Waals surface area contributed by atoms with E-state index in [-0.39, 0.29) is 16.5 Å². The van der Waals surface area contributed by atoms with Crippen molar-refractivity contribution in [3.63, 3.8) is 0 Å². The van der Waals surface area contributed by atoms with Crippen LogP contribution in [0.15, 0.2) is 24.5 Å². The summed E-state index contributed by atoms with van der Waals surface area (Å²) in [7, 11) is 0. The van der Waals surface area contributed by atoms with Gasteiger partial charge >= 0.3 is 5.97 Å². The van der Waals surface area contributed by atoms with Crippen LogP contribution in [0.5, 0.6) is 10.9 Å². The van der Waals surface area contributed by atoms with Crippen LogP contribution in [0.3, 0.4) is 0 Å².